The van der Waals surface area contributed by atoms with E-state index in [-0.39, 0.29) is 18.1 Å². The third-order valence-electron chi connectivity index (χ3n) is 3.97. The van der Waals surface area contributed by atoms with Gasteiger partial charge in [-0.3, -0.25) is 0 Å². The minimum absolute atomic E-state index is 0.171. The van der Waals surface area contributed by atoms with Crippen LogP contribution >= 0.6 is 0 Å². The number of benzene rings is 1. The molecule has 1 aliphatic carbocycles. The highest BCUT2D eigenvalue weighted by Gasteiger charge is 2.30. The zero-order valence-corrected chi connectivity index (χ0v) is 11.6. The van der Waals surface area contributed by atoms with E-state index in [1.165, 1.54) is 0 Å². The van der Waals surface area contributed by atoms with Gasteiger partial charge in [0.1, 0.15) is 11.6 Å². The topological polar surface area (TPSA) is 77.0 Å². The number of aryl methyl sites for hydroxylation is 1. The van der Waals surface area contributed by atoms with Gasteiger partial charge in [-0.25, -0.2) is 9.67 Å². The van der Waals surface area contributed by atoms with Gasteiger partial charge in [0.2, 0.25) is 0 Å². The van der Waals surface area contributed by atoms with Gasteiger partial charge >= 0.3 is 0 Å². The third-order valence-corrected chi connectivity index (χ3v) is 3.97. The van der Waals surface area contributed by atoms with Gasteiger partial charge in [0.05, 0.1) is 11.8 Å². The third kappa shape index (κ3) is 2.46. The highest BCUT2D eigenvalue weighted by molar-refractivity contribution is 5.32. The first-order chi connectivity index (χ1) is 9.65. The minimum Gasteiger partial charge on any atom is -0.392 e. The average Bonchev–Trinajstić information content (AvgIpc) is 2.85. The zero-order valence-electron chi connectivity index (χ0n) is 11.6. The summed E-state index contributed by atoms with van der Waals surface area (Å²) in [6.45, 7) is 1.90. The van der Waals surface area contributed by atoms with E-state index in [2.05, 4.69) is 10.1 Å². The molecule has 0 spiro atoms. The molecule has 3 atom stereocenters. The maximum absolute atomic E-state index is 9.77. The Labute approximate surface area is 118 Å². The van der Waals surface area contributed by atoms with Crippen molar-refractivity contribution in [2.45, 2.75) is 44.2 Å². The van der Waals surface area contributed by atoms with Crippen LogP contribution in [0.3, 0.4) is 0 Å². The Morgan fingerprint density at radius 1 is 1.25 bits per heavy atom. The molecule has 0 saturated heterocycles. The molecule has 1 aromatic carbocycles. The van der Waals surface area contributed by atoms with Gasteiger partial charge in [-0.05, 0) is 38.3 Å². The number of aliphatic hydroxyl groups is 1. The van der Waals surface area contributed by atoms with Crippen LogP contribution in [0.2, 0.25) is 0 Å². The normalized spacial score (nSPS) is 26.6. The molecule has 0 unspecified atom stereocenters. The van der Waals surface area contributed by atoms with Crippen LogP contribution in [-0.2, 0) is 0 Å². The highest BCUT2D eigenvalue weighted by Crippen LogP contribution is 2.32. The maximum atomic E-state index is 9.77. The van der Waals surface area contributed by atoms with Crippen molar-refractivity contribution in [2.75, 3.05) is 0 Å². The Bertz CT molecular complexity index is 581. The van der Waals surface area contributed by atoms with Gasteiger partial charge in [0.15, 0.2) is 0 Å². The lowest BCUT2D eigenvalue weighted by molar-refractivity contribution is 0.0989. The van der Waals surface area contributed by atoms with Crippen LogP contribution in [0.4, 0.5) is 0 Å². The van der Waals surface area contributed by atoms with E-state index in [9.17, 15) is 5.11 Å². The lowest BCUT2D eigenvalue weighted by Crippen LogP contribution is -2.40. The number of hydrogen-bond donors (Lipinski definition) is 2. The van der Waals surface area contributed by atoms with Crippen molar-refractivity contribution < 1.29 is 5.11 Å². The van der Waals surface area contributed by atoms with E-state index < -0.39 is 0 Å². The monoisotopic (exact) mass is 272 g/mol. The van der Waals surface area contributed by atoms with Crippen molar-refractivity contribution in [3.63, 3.8) is 0 Å². The summed E-state index contributed by atoms with van der Waals surface area (Å²) in [7, 11) is 0. The first-order valence-electron chi connectivity index (χ1n) is 7.08. The smallest absolute Gasteiger partial charge is 0.148 e. The van der Waals surface area contributed by atoms with Crippen LogP contribution in [0.1, 0.15) is 36.8 Å². The van der Waals surface area contributed by atoms with Crippen LogP contribution in [0.25, 0.3) is 5.69 Å². The Balaban J connectivity index is 1.94. The average molecular weight is 272 g/mol. The molecule has 106 valence electrons. The van der Waals surface area contributed by atoms with E-state index >= 15 is 0 Å². The molecule has 1 fully saturated rings. The molecule has 1 aromatic heterocycles. The molecule has 0 radical (unpaired) electrons. The number of para-hydroxylation sites is 1. The van der Waals surface area contributed by atoms with Crippen LogP contribution in [0, 0.1) is 6.92 Å². The summed E-state index contributed by atoms with van der Waals surface area (Å²) in [6.07, 6.45) is 2.00. The molecule has 1 heterocycles. The summed E-state index contributed by atoms with van der Waals surface area (Å²) in [4.78, 5) is 4.58. The SMILES string of the molecule is Cc1nc([C@H]2CC[C@@H](O)[C@H](N)C2)n(-c2ccccc2)n1. The number of nitrogens with two attached hydrogens (primary N) is 1. The molecule has 0 amide bonds. The van der Waals surface area contributed by atoms with Crippen LogP contribution in [0.15, 0.2) is 30.3 Å². The predicted molar refractivity (Wildman–Crippen MR) is 76.7 cm³/mol. The van der Waals surface area contributed by atoms with Gasteiger partial charge in [0, 0.05) is 12.0 Å². The Morgan fingerprint density at radius 3 is 2.70 bits per heavy atom. The number of hydrogen-bond acceptors (Lipinski definition) is 4. The Kier molecular flexibility index (Phi) is 3.54. The van der Waals surface area contributed by atoms with Crippen molar-refractivity contribution in [3.05, 3.63) is 42.0 Å². The molecular weight excluding hydrogens is 252 g/mol. The molecule has 3 N–H and O–H groups in total. The number of aliphatic hydroxyl groups excluding tert-OH is 1. The first kappa shape index (κ1) is 13.3. The lowest BCUT2D eigenvalue weighted by Gasteiger charge is -2.30. The molecule has 1 aliphatic rings. The molecule has 5 nitrogen and oxygen atoms in total. The molecular formula is C15H20N4O. The Morgan fingerprint density at radius 2 is 2.00 bits per heavy atom. The van der Waals surface area contributed by atoms with Crippen molar-refractivity contribution >= 4 is 0 Å². The van der Waals surface area contributed by atoms with Crippen LogP contribution in [-0.4, -0.2) is 32.0 Å². The fourth-order valence-corrected chi connectivity index (χ4v) is 2.88. The standard InChI is InChI=1S/C15H20N4O/c1-10-17-15(11-7-8-14(20)13(16)9-11)19(18-10)12-5-3-2-4-6-12/h2-6,11,13-14,20H,7-9,16H2,1H3/t11-,13+,14+/m0/s1. The summed E-state index contributed by atoms with van der Waals surface area (Å²) in [5.41, 5.74) is 7.01. The maximum Gasteiger partial charge on any atom is 0.148 e. The Hall–Kier alpha value is -1.72. The first-order valence-corrected chi connectivity index (χ1v) is 7.08. The molecule has 3 rings (SSSR count). The van der Waals surface area contributed by atoms with Crippen LogP contribution in [0.5, 0.6) is 0 Å². The number of aromatic nitrogens is 3. The minimum atomic E-state index is -0.388. The van der Waals surface area contributed by atoms with Crippen molar-refractivity contribution in [3.8, 4) is 5.69 Å². The lowest BCUT2D eigenvalue weighted by atomic mass is 9.83. The predicted octanol–water partition coefficient (Wildman–Crippen LogP) is 1.53. The molecule has 20 heavy (non-hydrogen) atoms. The second-order valence-electron chi connectivity index (χ2n) is 5.51. The fraction of sp³-hybridized carbons (Fsp3) is 0.467. The summed E-state index contributed by atoms with van der Waals surface area (Å²) < 4.78 is 1.91. The summed E-state index contributed by atoms with van der Waals surface area (Å²) >= 11 is 0. The van der Waals surface area contributed by atoms with E-state index in [1.807, 2.05) is 41.9 Å². The molecule has 0 aliphatic heterocycles. The zero-order chi connectivity index (χ0) is 14.1. The van der Waals surface area contributed by atoms with E-state index in [0.29, 0.717) is 0 Å². The van der Waals surface area contributed by atoms with Gasteiger partial charge in [-0.15, -0.1) is 0 Å². The second-order valence-corrected chi connectivity index (χ2v) is 5.51. The second kappa shape index (κ2) is 5.34. The number of rotatable bonds is 2. The van der Waals surface area contributed by atoms with Gasteiger partial charge in [0.25, 0.3) is 0 Å². The van der Waals surface area contributed by atoms with Gasteiger partial charge < -0.3 is 10.8 Å². The van der Waals surface area contributed by atoms with Crippen molar-refractivity contribution in [1.29, 1.82) is 0 Å². The fourth-order valence-electron chi connectivity index (χ4n) is 2.88. The van der Waals surface area contributed by atoms with Crippen LogP contribution < -0.4 is 5.73 Å². The van der Waals surface area contributed by atoms with Crippen molar-refractivity contribution in [2.24, 2.45) is 5.73 Å². The summed E-state index contributed by atoms with van der Waals surface area (Å²) in [6, 6.07) is 9.85. The quantitative estimate of drug-likeness (QED) is 0.869. The summed E-state index contributed by atoms with van der Waals surface area (Å²) in [5, 5.41) is 14.3. The molecule has 1 saturated carbocycles. The molecule has 5 heteroatoms. The largest absolute Gasteiger partial charge is 0.392 e. The van der Waals surface area contributed by atoms with Crippen molar-refractivity contribution in [1.82, 2.24) is 14.8 Å². The van der Waals surface area contributed by atoms with E-state index in [0.717, 1.165) is 36.6 Å². The molecule has 2 aromatic rings. The van der Waals surface area contributed by atoms with Gasteiger partial charge in [-0.1, -0.05) is 18.2 Å². The van der Waals surface area contributed by atoms with E-state index in [1.54, 1.807) is 0 Å². The highest BCUT2D eigenvalue weighted by atomic mass is 16.3. The molecule has 0 bridgehead atoms. The van der Waals surface area contributed by atoms with E-state index in [4.69, 9.17) is 5.73 Å². The van der Waals surface area contributed by atoms with Gasteiger partial charge in [-0.2, -0.15) is 5.10 Å². The number of nitrogens with zero attached hydrogens (tertiary/aromatic N) is 3. The summed E-state index contributed by atoms with van der Waals surface area (Å²) in [5.74, 6) is 1.98.